The molecule has 1 amide bonds. The van der Waals surface area contributed by atoms with Crippen LogP contribution in [-0.4, -0.2) is 34.7 Å². The van der Waals surface area contributed by atoms with E-state index >= 15 is 0 Å². The molecule has 6 heteroatoms. The zero-order valence-electron chi connectivity index (χ0n) is 19.5. The number of amides is 1. The number of nitrogens with zero attached hydrogens (tertiary/aromatic N) is 2. The third-order valence-corrected chi connectivity index (χ3v) is 6.04. The van der Waals surface area contributed by atoms with Gasteiger partial charge in [0, 0.05) is 28.7 Å². The number of aromatic amines is 1. The quantitative estimate of drug-likeness (QED) is 0.362. The molecule has 172 valence electrons. The third-order valence-electron chi connectivity index (χ3n) is 6.04. The molecular formula is C28H26FN3O2. The van der Waals surface area contributed by atoms with Crippen molar-refractivity contribution in [3.05, 3.63) is 83.3 Å². The minimum atomic E-state index is -0.344. The molecule has 0 spiro atoms. The van der Waals surface area contributed by atoms with E-state index in [9.17, 15) is 9.18 Å². The monoisotopic (exact) mass is 455 g/mol. The van der Waals surface area contributed by atoms with Crippen LogP contribution in [0.3, 0.4) is 0 Å². The number of carbonyl (C=O) groups excluding carboxylic acids is 1. The summed E-state index contributed by atoms with van der Waals surface area (Å²) in [6.45, 7) is 7.29. The van der Waals surface area contributed by atoms with Crippen LogP contribution in [0.4, 0.5) is 10.1 Å². The van der Waals surface area contributed by atoms with Crippen LogP contribution in [0.25, 0.3) is 22.0 Å². The molecular weight excluding hydrogens is 429 g/mol. The van der Waals surface area contributed by atoms with E-state index < -0.39 is 0 Å². The molecule has 5 nitrogen and oxygen atoms in total. The molecule has 4 aromatic rings. The highest BCUT2D eigenvalue weighted by Crippen LogP contribution is 2.32. The maximum Gasteiger partial charge on any atom is 0.270 e. The largest absolute Gasteiger partial charge is 0.491 e. The van der Waals surface area contributed by atoms with Gasteiger partial charge in [-0.2, -0.15) is 0 Å². The molecule has 2 heterocycles. The van der Waals surface area contributed by atoms with Gasteiger partial charge in [-0.05, 0) is 79.9 Å². The van der Waals surface area contributed by atoms with Crippen LogP contribution in [0.1, 0.15) is 35.5 Å². The van der Waals surface area contributed by atoms with Crippen molar-refractivity contribution >= 4 is 28.2 Å². The van der Waals surface area contributed by atoms with E-state index in [4.69, 9.17) is 4.74 Å². The van der Waals surface area contributed by atoms with Gasteiger partial charge in [0.1, 0.15) is 23.9 Å². The molecule has 0 unspecified atom stereocenters. The summed E-state index contributed by atoms with van der Waals surface area (Å²) in [4.78, 5) is 22.7. The smallest absolute Gasteiger partial charge is 0.270 e. The fraction of sp³-hybridized carbons (Fsp3) is 0.214. The second-order valence-corrected chi connectivity index (χ2v) is 8.84. The first kappa shape index (κ1) is 21.9. The van der Waals surface area contributed by atoms with E-state index in [1.165, 1.54) is 6.07 Å². The lowest BCUT2D eigenvalue weighted by Crippen LogP contribution is -2.32. The first-order valence-corrected chi connectivity index (χ1v) is 11.3. The Bertz CT molecular complexity index is 1430. The minimum Gasteiger partial charge on any atom is -0.491 e. The normalized spacial score (nSPS) is 13.2. The van der Waals surface area contributed by atoms with Crippen molar-refractivity contribution in [2.75, 3.05) is 13.2 Å². The highest BCUT2D eigenvalue weighted by molar-refractivity contribution is 5.98. The Morgan fingerprint density at radius 1 is 1.06 bits per heavy atom. The van der Waals surface area contributed by atoms with E-state index in [1.54, 1.807) is 23.1 Å². The lowest BCUT2D eigenvalue weighted by Gasteiger charge is -2.19. The fourth-order valence-electron chi connectivity index (χ4n) is 4.35. The molecule has 1 aliphatic rings. The Morgan fingerprint density at radius 2 is 1.85 bits per heavy atom. The molecule has 1 aliphatic heterocycles. The summed E-state index contributed by atoms with van der Waals surface area (Å²) in [5.41, 5.74) is 7.14. The lowest BCUT2D eigenvalue weighted by atomic mass is 9.99. The van der Waals surface area contributed by atoms with Gasteiger partial charge >= 0.3 is 0 Å². The molecule has 0 radical (unpaired) electrons. The van der Waals surface area contributed by atoms with Crippen LogP contribution in [0, 0.1) is 12.7 Å². The van der Waals surface area contributed by atoms with E-state index in [2.05, 4.69) is 35.1 Å². The van der Waals surface area contributed by atoms with Crippen LogP contribution >= 0.6 is 0 Å². The Balaban J connectivity index is 1.44. The van der Waals surface area contributed by atoms with Crippen molar-refractivity contribution in [3.8, 4) is 16.9 Å². The Morgan fingerprint density at radius 3 is 2.62 bits per heavy atom. The maximum atomic E-state index is 14.1. The second kappa shape index (κ2) is 8.78. The second-order valence-electron chi connectivity index (χ2n) is 8.84. The average Bonchev–Trinajstić information content (AvgIpc) is 3.14. The van der Waals surface area contributed by atoms with Crippen molar-refractivity contribution in [1.29, 1.82) is 0 Å². The maximum absolute atomic E-state index is 14.1. The van der Waals surface area contributed by atoms with Crippen molar-refractivity contribution in [3.63, 3.8) is 0 Å². The number of fused-ring (bicyclic) bond motifs is 2. The summed E-state index contributed by atoms with van der Waals surface area (Å²) < 4.78 is 20.1. The third kappa shape index (κ3) is 4.19. The molecule has 34 heavy (non-hydrogen) atoms. The number of aliphatic imine (C=N–C) groups is 1. The number of aromatic nitrogens is 1. The number of benzene rings is 3. The number of carbonyl (C=O) groups is 1. The predicted octanol–water partition coefficient (Wildman–Crippen LogP) is 6.43. The molecule has 3 aromatic carbocycles. The van der Waals surface area contributed by atoms with Gasteiger partial charge in [-0.15, -0.1) is 0 Å². The minimum absolute atomic E-state index is 0.176. The predicted molar refractivity (Wildman–Crippen MR) is 134 cm³/mol. The van der Waals surface area contributed by atoms with E-state index in [1.807, 2.05) is 32.0 Å². The molecule has 0 saturated carbocycles. The van der Waals surface area contributed by atoms with Gasteiger partial charge in [-0.3, -0.25) is 9.79 Å². The number of rotatable bonds is 3. The molecule has 0 saturated heterocycles. The van der Waals surface area contributed by atoms with Crippen molar-refractivity contribution in [2.45, 2.75) is 27.3 Å². The van der Waals surface area contributed by atoms with Crippen LogP contribution in [0.2, 0.25) is 0 Å². The summed E-state index contributed by atoms with van der Waals surface area (Å²) in [5.74, 6) is 0.259. The van der Waals surface area contributed by atoms with Crippen LogP contribution in [0.5, 0.6) is 5.75 Å². The molecule has 0 aliphatic carbocycles. The van der Waals surface area contributed by atoms with Crippen molar-refractivity contribution < 1.29 is 13.9 Å². The zero-order valence-corrected chi connectivity index (χ0v) is 19.5. The van der Waals surface area contributed by atoms with Crippen molar-refractivity contribution in [1.82, 2.24) is 9.88 Å². The van der Waals surface area contributed by atoms with E-state index in [0.717, 1.165) is 39.4 Å². The molecule has 0 fully saturated rings. The van der Waals surface area contributed by atoms with Crippen molar-refractivity contribution in [2.24, 2.45) is 4.99 Å². The summed E-state index contributed by atoms with van der Waals surface area (Å²) in [6.07, 6.45) is 0. The lowest BCUT2D eigenvalue weighted by molar-refractivity contribution is 0.0728. The van der Waals surface area contributed by atoms with E-state index in [-0.39, 0.29) is 11.7 Å². The molecule has 1 N–H and O–H groups in total. The van der Waals surface area contributed by atoms with Crippen LogP contribution in [-0.2, 0) is 6.54 Å². The average molecular weight is 456 g/mol. The van der Waals surface area contributed by atoms with Gasteiger partial charge in [0.2, 0.25) is 0 Å². The number of aryl methyl sites for hydroxylation is 1. The highest BCUT2D eigenvalue weighted by Gasteiger charge is 2.23. The molecule has 0 bridgehead atoms. The number of nitrogens with one attached hydrogen (secondary N) is 1. The number of hydrogen-bond acceptors (Lipinski definition) is 3. The van der Waals surface area contributed by atoms with Gasteiger partial charge in [-0.1, -0.05) is 18.2 Å². The van der Waals surface area contributed by atoms with Crippen LogP contribution in [0.15, 0.2) is 65.7 Å². The number of halogens is 1. The number of ether oxygens (including phenoxy) is 1. The summed E-state index contributed by atoms with van der Waals surface area (Å²) in [5, 5.41) is 0.418. The summed E-state index contributed by atoms with van der Waals surface area (Å²) in [7, 11) is 0. The molecule has 1 aromatic heterocycles. The highest BCUT2D eigenvalue weighted by atomic mass is 19.1. The molecule has 5 rings (SSSR count). The fourth-order valence-corrected chi connectivity index (χ4v) is 4.35. The Hall–Kier alpha value is -3.93. The Kier molecular flexibility index (Phi) is 5.65. The molecule has 0 atom stereocenters. The van der Waals surface area contributed by atoms with Gasteiger partial charge < -0.3 is 14.6 Å². The topological polar surface area (TPSA) is 57.7 Å². The van der Waals surface area contributed by atoms with Gasteiger partial charge in [0.05, 0.1) is 12.2 Å². The number of hydrogen-bond donors (Lipinski definition) is 1. The summed E-state index contributed by atoms with van der Waals surface area (Å²) >= 11 is 0. The zero-order chi connectivity index (χ0) is 23.8. The number of H-pyrrole nitrogens is 1. The standard InChI is InChI=1S/C28H26FN3O2/c1-17(2)30-24-9-7-19(13-18(24)3)20-8-10-27-21(14-20)16-32(11-12-34-27)28(33)26-15-22-23(29)5-4-6-25(22)31-26/h4-10,13-15,31H,11-12,16H2,1-3H3. The summed E-state index contributed by atoms with van der Waals surface area (Å²) in [6, 6.07) is 18.7. The Labute approximate surface area is 197 Å². The van der Waals surface area contributed by atoms with Gasteiger partial charge in [0.15, 0.2) is 0 Å². The first-order valence-electron chi connectivity index (χ1n) is 11.3. The van der Waals surface area contributed by atoms with E-state index in [0.29, 0.717) is 36.3 Å². The van der Waals surface area contributed by atoms with Gasteiger partial charge in [-0.25, -0.2) is 4.39 Å². The SMILES string of the molecule is CC(C)=Nc1ccc(-c2ccc3c(c2)CN(C(=O)c2cc4c(F)cccc4[nH]2)CCO3)cc1C. The van der Waals surface area contributed by atoms with Crippen LogP contribution < -0.4 is 4.74 Å². The van der Waals surface area contributed by atoms with Gasteiger partial charge in [0.25, 0.3) is 5.91 Å². The first-order chi connectivity index (χ1) is 16.4.